The summed E-state index contributed by atoms with van der Waals surface area (Å²) < 4.78 is 4.92. The molecule has 0 atom stereocenters. The summed E-state index contributed by atoms with van der Waals surface area (Å²) in [6.07, 6.45) is 3.63. The van der Waals surface area contributed by atoms with Crippen molar-refractivity contribution in [2.75, 3.05) is 38.0 Å². The average molecular weight is 335 g/mol. The average Bonchev–Trinajstić information content (AvgIpc) is 3.17. The molecule has 0 aromatic carbocycles. The number of carbonyl (C=O) groups is 2. The van der Waals surface area contributed by atoms with Gasteiger partial charge in [0.1, 0.15) is 5.76 Å². The fourth-order valence-corrected chi connectivity index (χ4v) is 3.45. The van der Waals surface area contributed by atoms with E-state index in [0.29, 0.717) is 37.8 Å². The second-order valence-corrected chi connectivity index (χ2v) is 6.80. The van der Waals surface area contributed by atoms with Gasteiger partial charge in [0.2, 0.25) is 11.8 Å². The van der Waals surface area contributed by atoms with Crippen molar-refractivity contribution < 1.29 is 14.1 Å². The number of hydrogen-bond donors (Lipinski definition) is 2. The van der Waals surface area contributed by atoms with Crippen molar-refractivity contribution in [2.24, 2.45) is 5.73 Å². The highest BCUT2D eigenvalue weighted by atomic mass is 16.5. The highest BCUT2D eigenvalue weighted by molar-refractivity contribution is 5.91. The van der Waals surface area contributed by atoms with Crippen molar-refractivity contribution in [3.05, 3.63) is 11.8 Å². The summed E-state index contributed by atoms with van der Waals surface area (Å²) in [5.74, 6) is 1.02. The minimum absolute atomic E-state index is 0.0715. The van der Waals surface area contributed by atoms with E-state index in [-0.39, 0.29) is 18.4 Å². The van der Waals surface area contributed by atoms with Gasteiger partial charge in [0, 0.05) is 32.2 Å². The molecule has 2 heterocycles. The van der Waals surface area contributed by atoms with E-state index in [9.17, 15) is 9.59 Å². The van der Waals surface area contributed by atoms with Crippen molar-refractivity contribution in [3.8, 4) is 0 Å². The molecule has 3 N–H and O–H groups in total. The first-order chi connectivity index (χ1) is 11.5. The molecule has 0 unspecified atom stereocenters. The molecule has 1 saturated heterocycles. The van der Waals surface area contributed by atoms with Crippen molar-refractivity contribution in [1.82, 2.24) is 15.0 Å². The Balaban J connectivity index is 1.45. The lowest BCUT2D eigenvalue weighted by molar-refractivity contribution is -0.138. The number of piperazine rings is 1. The van der Waals surface area contributed by atoms with Gasteiger partial charge in [0.15, 0.2) is 5.82 Å². The minimum atomic E-state index is -0.662. The van der Waals surface area contributed by atoms with Gasteiger partial charge in [-0.1, -0.05) is 18.0 Å². The van der Waals surface area contributed by atoms with E-state index in [1.54, 1.807) is 13.0 Å². The van der Waals surface area contributed by atoms with Gasteiger partial charge in [-0.15, -0.1) is 0 Å². The molecule has 0 spiro atoms. The summed E-state index contributed by atoms with van der Waals surface area (Å²) in [6.45, 7) is 4.64. The van der Waals surface area contributed by atoms with Crippen molar-refractivity contribution >= 4 is 17.6 Å². The lowest BCUT2D eigenvalue weighted by atomic mass is 9.97. The normalized spacial score (nSPS) is 21.0. The van der Waals surface area contributed by atoms with E-state index >= 15 is 0 Å². The quantitative estimate of drug-likeness (QED) is 0.822. The largest absolute Gasteiger partial charge is 0.360 e. The number of anilines is 1. The van der Waals surface area contributed by atoms with Crippen LogP contribution in [0, 0.1) is 6.92 Å². The zero-order valence-electron chi connectivity index (χ0n) is 14.1. The predicted molar refractivity (Wildman–Crippen MR) is 88.3 cm³/mol. The maximum atomic E-state index is 12.6. The van der Waals surface area contributed by atoms with Crippen LogP contribution in [-0.2, 0) is 9.59 Å². The molecule has 2 aliphatic rings. The maximum absolute atomic E-state index is 12.6. The second-order valence-electron chi connectivity index (χ2n) is 6.80. The topological polar surface area (TPSA) is 105 Å². The Bertz CT molecular complexity index is 601. The van der Waals surface area contributed by atoms with Crippen LogP contribution in [0.25, 0.3) is 0 Å². The van der Waals surface area contributed by atoms with E-state index in [1.807, 2.05) is 9.80 Å². The van der Waals surface area contributed by atoms with E-state index in [4.69, 9.17) is 10.3 Å². The van der Waals surface area contributed by atoms with Crippen LogP contribution in [0.1, 0.15) is 31.4 Å². The molecule has 2 amide bonds. The summed E-state index contributed by atoms with van der Waals surface area (Å²) in [5.41, 5.74) is 5.59. The number of rotatable bonds is 4. The van der Waals surface area contributed by atoms with Gasteiger partial charge in [-0.3, -0.25) is 14.5 Å². The van der Waals surface area contributed by atoms with Crippen LogP contribution in [0.15, 0.2) is 10.6 Å². The molecule has 1 aromatic heterocycles. The van der Waals surface area contributed by atoms with Crippen LogP contribution in [0.5, 0.6) is 0 Å². The highest BCUT2D eigenvalue weighted by Gasteiger charge is 2.40. The monoisotopic (exact) mass is 335 g/mol. The van der Waals surface area contributed by atoms with Gasteiger partial charge in [-0.25, -0.2) is 0 Å². The fourth-order valence-electron chi connectivity index (χ4n) is 3.45. The summed E-state index contributed by atoms with van der Waals surface area (Å²) in [6, 6.07) is 1.68. The van der Waals surface area contributed by atoms with Crippen LogP contribution >= 0.6 is 0 Å². The van der Waals surface area contributed by atoms with Gasteiger partial charge in [0.05, 0.1) is 12.1 Å². The molecule has 8 heteroatoms. The number of amides is 2. The zero-order valence-corrected chi connectivity index (χ0v) is 14.1. The Morgan fingerprint density at radius 1 is 1.29 bits per heavy atom. The van der Waals surface area contributed by atoms with Gasteiger partial charge in [0.25, 0.3) is 0 Å². The van der Waals surface area contributed by atoms with Crippen molar-refractivity contribution in [1.29, 1.82) is 0 Å². The summed E-state index contributed by atoms with van der Waals surface area (Å²) in [4.78, 5) is 28.5. The zero-order chi connectivity index (χ0) is 17.2. The first-order valence-electron chi connectivity index (χ1n) is 8.50. The van der Waals surface area contributed by atoms with E-state index in [2.05, 4.69) is 10.5 Å². The van der Waals surface area contributed by atoms with Crippen LogP contribution in [0.3, 0.4) is 0 Å². The van der Waals surface area contributed by atoms with Crippen molar-refractivity contribution in [3.63, 3.8) is 0 Å². The minimum Gasteiger partial charge on any atom is -0.360 e. The number of nitrogens with two attached hydrogens (primary N) is 1. The van der Waals surface area contributed by atoms with Crippen LogP contribution in [-0.4, -0.2) is 65.0 Å². The summed E-state index contributed by atoms with van der Waals surface area (Å²) in [5, 5.41) is 6.45. The Morgan fingerprint density at radius 2 is 1.96 bits per heavy atom. The molecule has 2 fully saturated rings. The second kappa shape index (κ2) is 6.90. The third-order valence-corrected chi connectivity index (χ3v) is 4.84. The number of nitrogens with zero attached hydrogens (tertiary/aromatic N) is 3. The molecule has 8 nitrogen and oxygen atoms in total. The van der Waals surface area contributed by atoms with Crippen LogP contribution in [0.4, 0.5) is 5.82 Å². The van der Waals surface area contributed by atoms with Crippen LogP contribution in [0.2, 0.25) is 0 Å². The predicted octanol–water partition coefficient (Wildman–Crippen LogP) is 0.337. The number of carbonyl (C=O) groups excluding carboxylic acids is 2. The summed E-state index contributed by atoms with van der Waals surface area (Å²) in [7, 11) is 0. The summed E-state index contributed by atoms with van der Waals surface area (Å²) >= 11 is 0. The van der Waals surface area contributed by atoms with E-state index in [0.717, 1.165) is 25.7 Å². The third kappa shape index (κ3) is 3.76. The number of nitrogens with one attached hydrogen (secondary N) is 1. The smallest absolute Gasteiger partial charge is 0.242 e. The number of aromatic nitrogens is 1. The Labute approximate surface area is 141 Å². The van der Waals surface area contributed by atoms with Crippen LogP contribution < -0.4 is 11.1 Å². The van der Waals surface area contributed by atoms with Crippen molar-refractivity contribution in [2.45, 2.75) is 38.1 Å². The lowest BCUT2D eigenvalue weighted by Gasteiger charge is -2.38. The molecule has 24 heavy (non-hydrogen) atoms. The third-order valence-electron chi connectivity index (χ3n) is 4.84. The molecule has 0 radical (unpaired) electrons. The van der Waals surface area contributed by atoms with Gasteiger partial charge in [-0.05, 0) is 19.8 Å². The Kier molecular flexibility index (Phi) is 4.86. The van der Waals surface area contributed by atoms with Gasteiger partial charge in [-0.2, -0.15) is 0 Å². The number of hydrogen-bond acceptors (Lipinski definition) is 6. The van der Waals surface area contributed by atoms with Gasteiger partial charge < -0.3 is 20.5 Å². The highest BCUT2D eigenvalue weighted by Crippen LogP contribution is 2.29. The molecule has 1 aromatic rings. The maximum Gasteiger partial charge on any atom is 0.242 e. The molecule has 0 bridgehead atoms. The lowest BCUT2D eigenvalue weighted by Crippen LogP contribution is -2.58. The first kappa shape index (κ1) is 16.9. The Morgan fingerprint density at radius 3 is 2.54 bits per heavy atom. The molecular weight excluding hydrogens is 310 g/mol. The molecule has 3 rings (SSSR count). The first-order valence-corrected chi connectivity index (χ1v) is 8.50. The van der Waals surface area contributed by atoms with E-state index in [1.165, 1.54) is 0 Å². The Hall–Kier alpha value is -1.93. The van der Waals surface area contributed by atoms with Gasteiger partial charge >= 0.3 is 0 Å². The SMILES string of the molecule is Cc1cc(NC(=O)CN2CCN(C(=O)C3(N)CCCC3)CC2)no1. The number of aryl methyl sites for hydroxylation is 1. The fraction of sp³-hybridized carbons (Fsp3) is 0.688. The standard InChI is InChI=1S/C16H25N5O3/c1-12-10-13(19-24-12)18-14(22)11-20-6-8-21(9-7-20)15(23)16(17)4-2-3-5-16/h10H,2-9,11,17H2,1H3,(H,18,19,22). The van der Waals surface area contributed by atoms with E-state index < -0.39 is 5.54 Å². The molecular formula is C16H25N5O3. The molecule has 1 aliphatic carbocycles. The molecule has 1 saturated carbocycles. The molecule has 1 aliphatic heterocycles. The molecule has 132 valence electrons.